The molecule has 0 aromatic heterocycles. The molecule has 6 heteroatoms. The van der Waals surface area contributed by atoms with E-state index in [1.165, 1.54) is 0 Å². The highest BCUT2D eigenvalue weighted by Crippen LogP contribution is 2.44. The van der Waals surface area contributed by atoms with E-state index in [0.717, 1.165) is 24.2 Å². The molecule has 1 unspecified atom stereocenters. The molecule has 3 rings (SSSR count). The number of carboxylic acid groups (broad SMARTS) is 1. The average molecular weight is 347 g/mol. The van der Waals surface area contributed by atoms with Crippen molar-refractivity contribution in [1.29, 1.82) is 0 Å². The van der Waals surface area contributed by atoms with Crippen molar-refractivity contribution in [3.05, 3.63) is 29.8 Å². The van der Waals surface area contributed by atoms with E-state index >= 15 is 0 Å². The number of ether oxygens (including phenoxy) is 2. The van der Waals surface area contributed by atoms with Crippen LogP contribution in [0.15, 0.2) is 24.3 Å². The zero-order chi connectivity index (χ0) is 18.0. The molecule has 1 aliphatic carbocycles. The topological polar surface area (TPSA) is 76.1 Å². The van der Waals surface area contributed by atoms with Gasteiger partial charge in [-0.1, -0.05) is 12.1 Å². The smallest absolute Gasteiger partial charge is 0.308 e. The van der Waals surface area contributed by atoms with E-state index in [1.54, 1.807) is 18.9 Å². The predicted octanol–water partition coefficient (Wildman–Crippen LogP) is 2.17. The molecular formula is C19H25NO5. The second-order valence-electron chi connectivity index (χ2n) is 6.99. The Labute approximate surface area is 147 Å². The lowest BCUT2D eigenvalue weighted by Crippen LogP contribution is -2.38. The third-order valence-corrected chi connectivity index (χ3v) is 5.20. The summed E-state index contributed by atoms with van der Waals surface area (Å²) < 4.78 is 10.9. The van der Waals surface area contributed by atoms with Crippen molar-refractivity contribution in [2.24, 2.45) is 17.8 Å². The minimum absolute atomic E-state index is 0.0898. The number of aliphatic carboxylic acids is 1. The van der Waals surface area contributed by atoms with Crippen molar-refractivity contribution in [3.8, 4) is 5.75 Å². The number of carboxylic acids is 1. The number of nitrogens with zero attached hydrogens (tertiary/aromatic N) is 1. The maximum atomic E-state index is 12.6. The van der Waals surface area contributed by atoms with Gasteiger partial charge < -0.3 is 19.5 Å². The van der Waals surface area contributed by atoms with Crippen LogP contribution in [-0.4, -0.2) is 48.2 Å². The Morgan fingerprint density at radius 1 is 1.32 bits per heavy atom. The van der Waals surface area contributed by atoms with E-state index < -0.39 is 18.0 Å². The normalized spacial score (nSPS) is 24.2. The lowest BCUT2D eigenvalue weighted by molar-refractivity contribution is -0.144. The number of hydrogen-bond donors (Lipinski definition) is 1. The maximum Gasteiger partial charge on any atom is 0.308 e. The Bertz CT molecular complexity index is 642. The summed E-state index contributed by atoms with van der Waals surface area (Å²) in [5.41, 5.74) is 0.930. The minimum atomic E-state index is -0.794. The molecule has 136 valence electrons. The Kier molecular flexibility index (Phi) is 5.27. The van der Waals surface area contributed by atoms with E-state index in [4.69, 9.17) is 9.47 Å². The van der Waals surface area contributed by atoms with Crippen molar-refractivity contribution in [2.45, 2.75) is 32.5 Å². The molecule has 3 atom stereocenters. The fraction of sp³-hybridized carbons (Fsp3) is 0.579. The van der Waals surface area contributed by atoms with Gasteiger partial charge in [0.15, 0.2) is 0 Å². The van der Waals surface area contributed by atoms with E-state index in [9.17, 15) is 14.7 Å². The van der Waals surface area contributed by atoms with E-state index in [0.29, 0.717) is 25.6 Å². The monoisotopic (exact) mass is 347 g/mol. The summed E-state index contributed by atoms with van der Waals surface area (Å²) in [4.78, 5) is 25.8. The second-order valence-corrected chi connectivity index (χ2v) is 6.99. The van der Waals surface area contributed by atoms with E-state index in [-0.39, 0.29) is 11.8 Å². The van der Waals surface area contributed by atoms with Gasteiger partial charge in [0.2, 0.25) is 0 Å². The van der Waals surface area contributed by atoms with Gasteiger partial charge in [0.05, 0.1) is 19.6 Å². The van der Waals surface area contributed by atoms with Gasteiger partial charge in [-0.25, -0.2) is 0 Å². The first-order valence-electron chi connectivity index (χ1n) is 8.75. The Morgan fingerprint density at radius 2 is 2.08 bits per heavy atom. The lowest BCUT2D eigenvalue weighted by Gasteiger charge is -2.21. The van der Waals surface area contributed by atoms with Gasteiger partial charge in [-0.05, 0) is 49.3 Å². The molecule has 1 aliphatic heterocycles. The highest BCUT2D eigenvalue weighted by Gasteiger charge is 2.47. The minimum Gasteiger partial charge on any atom is -0.497 e. The molecule has 1 aromatic carbocycles. The van der Waals surface area contributed by atoms with Gasteiger partial charge in [0.1, 0.15) is 11.9 Å². The van der Waals surface area contributed by atoms with Crippen molar-refractivity contribution >= 4 is 11.9 Å². The largest absolute Gasteiger partial charge is 0.497 e. The quantitative estimate of drug-likeness (QED) is 0.818. The SMILES string of the molecule is COc1cccc(COC(C)C(=O)N2C[C@H](C(=O)O)[C@@H](C3CC3)C2)c1. The summed E-state index contributed by atoms with van der Waals surface area (Å²) in [6.07, 6.45) is 1.56. The van der Waals surface area contributed by atoms with Crippen LogP contribution >= 0.6 is 0 Å². The molecule has 6 nitrogen and oxygen atoms in total. The van der Waals surface area contributed by atoms with Crippen LogP contribution in [0.4, 0.5) is 0 Å². The molecule has 1 amide bonds. The molecule has 1 aromatic rings. The number of hydrogen-bond acceptors (Lipinski definition) is 4. The summed E-state index contributed by atoms with van der Waals surface area (Å²) in [6.45, 7) is 2.87. The summed E-state index contributed by atoms with van der Waals surface area (Å²) in [7, 11) is 1.61. The molecule has 0 radical (unpaired) electrons. The molecule has 2 aliphatic rings. The Hall–Kier alpha value is -2.08. The number of methoxy groups -OCH3 is 1. The van der Waals surface area contributed by atoms with Crippen LogP contribution in [0.1, 0.15) is 25.3 Å². The van der Waals surface area contributed by atoms with Crippen LogP contribution in [0.5, 0.6) is 5.75 Å². The Morgan fingerprint density at radius 3 is 2.72 bits per heavy atom. The molecular weight excluding hydrogens is 322 g/mol. The van der Waals surface area contributed by atoms with Crippen LogP contribution in [0.25, 0.3) is 0 Å². The number of amides is 1. The molecule has 1 saturated heterocycles. The third kappa shape index (κ3) is 4.12. The fourth-order valence-electron chi connectivity index (χ4n) is 3.58. The molecule has 1 saturated carbocycles. The maximum absolute atomic E-state index is 12.6. The van der Waals surface area contributed by atoms with Crippen molar-refractivity contribution in [1.82, 2.24) is 4.90 Å². The number of likely N-dealkylation sites (tertiary alicyclic amines) is 1. The van der Waals surface area contributed by atoms with E-state index in [1.807, 2.05) is 24.3 Å². The molecule has 25 heavy (non-hydrogen) atoms. The zero-order valence-electron chi connectivity index (χ0n) is 14.7. The zero-order valence-corrected chi connectivity index (χ0v) is 14.7. The van der Waals surface area contributed by atoms with Crippen molar-refractivity contribution in [2.75, 3.05) is 20.2 Å². The number of carbonyl (C=O) groups excluding carboxylic acids is 1. The van der Waals surface area contributed by atoms with Gasteiger partial charge in [-0.3, -0.25) is 9.59 Å². The second kappa shape index (κ2) is 7.44. The first kappa shape index (κ1) is 17.7. The summed E-state index contributed by atoms with van der Waals surface area (Å²) in [5.74, 6) is -0.0633. The van der Waals surface area contributed by atoms with Gasteiger partial charge >= 0.3 is 5.97 Å². The molecule has 0 bridgehead atoms. The highest BCUT2D eigenvalue weighted by atomic mass is 16.5. The lowest BCUT2D eigenvalue weighted by atomic mass is 9.92. The fourth-order valence-corrected chi connectivity index (χ4v) is 3.58. The van der Waals surface area contributed by atoms with Crippen LogP contribution in [-0.2, 0) is 20.9 Å². The number of benzene rings is 1. The predicted molar refractivity (Wildman–Crippen MR) is 91.2 cm³/mol. The van der Waals surface area contributed by atoms with Crippen molar-refractivity contribution in [3.63, 3.8) is 0 Å². The molecule has 1 N–H and O–H groups in total. The van der Waals surface area contributed by atoms with Gasteiger partial charge in [-0.15, -0.1) is 0 Å². The van der Waals surface area contributed by atoms with Crippen LogP contribution in [0, 0.1) is 17.8 Å². The average Bonchev–Trinajstić information content (AvgIpc) is 3.37. The molecule has 1 heterocycles. The summed E-state index contributed by atoms with van der Waals surface area (Å²) >= 11 is 0. The first-order valence-corrected chi connectivity index (χ1v) is 8.75. The van der Waals surface area contributed by atoms with Crippen LogP contribution in [0.3, 0.4) is 0 Å². The Balaban J connectivity index is 1.56. The van der Waals surface area contributed by atoms with Crippen LogP contribution < -0.4 is 4.74 Å². The molecule has 2 fully saturated rings. The number of rotatable bonds is 7. The van der Waals surface area contributed by atoms with Gasteiger partial charge in [-0.2, -0.15) is 0 Å². The standard InChI is InChI=1S/C19H25NO5/c1-12(25-11-13-4-3-5-15(8-13)24-2)18(21)20-9-16(14-6-7-14)17(10-20)19(22)23/h3-5,8,12,14,16-17H,6-7,9-11H2,1-2H3,(H,22,23)/t12?,16-,17+/m1/s1. The van der Waals surface area contributed by atoms with Crippen molar-refractivity contribution < 1.29 is 24.2 Å². The van der Waals surface area contributed by atoms with Crippen LogP contribution in [0.2, 0.25) is 0 Å². The van der Waals surface area contributed by atoms with E-state index in [2.05, 4.69) is 0 Å². The first-order chi connectivity index (χ1) is 12.0. The summed E-state index contributed by atoms with van der Waals surface area (Å²) in [5, 5.41) is 9.42. The number of carbonyl (C=O) groups is 2. The van der Waals surface area contributed by atoms with Gasteiger partial charge in [0, 0.05) is 13.1 Å². The third-order valence-electron chi connectivity index (χ3n) is 5.20. The highest BCUT2D eigenvalue weighted by molar-refractivity contribution is 5.82. The van der Waals surface area contributed by atoms with Gasteiger partial charge in [0.25, 0.3) is 5.91 Å². The molecule has 0 spiro atoms. The summed E-state index contributed by atoms with van der Waals surface area (Å²) in [6, 6.07) is 7.52.